The molecule has 2 aliphatic heterocycles. The van der Waals surface area contributed by atoms with Crippen molar-refractivity contribution < 1.29 is 9.18 Å². The molecule has 2 saturated heterocycles. The molecule has 174 valence electrons. The van der Waals surface area contributed by atoms with Crippen LogP contribution in [0.1, 0.15) is 25.7 Å². The molecule has 3 rings (SSSR count). The number of likely N-dealkylation sites (tertiary alicyclic amines) is 1. The van der Waals surface area contributed by atoms with Crippen LogP contribution in [-0.2, 0) is 4.79 Å². The number of halogens is 2. The Hall–Kier alpha value is -1.62. The molecule has 0 bridgehead atoms. The number of hydrogen-bond acceptors (Lipinski definition) is 4. The van der Waals surface area contributed by atoms with Gasteiger partial charge in [0.15, 0.2) is 5.96 Å². The summed E-state index contributed by atoms with van der Waals surface area (Å²) in [5, 5.41) is 6.58. The molecule has 2 aliphatic rings. The molecular formula is C22H36FIN6O. The summed E-state index contributed by atoms with van der Waals surface area (Å²) in [4.78, 5) is 23.4. The predicted molar refractivity (Wildman–Crippen MR) is 135 cm³/mol. The highest BCUT2D eigenvalue weighted by atomic mass is 127. The lowest BCUT2D eigenvalue weighted by Crippen LogP contribution is -2.49. The van der Waals surface area contributed by atoms with Crippen LogP contribution < -0.4 is 15.5 Å². The molecule has 9 heteroatoms. The third-order valence-corrected chi connectivity index (χ3v) is 5.85. The van der Waals surface area contributed by atoms with Crippen molar-refractivity contribution in [2.75, 3.05) is 70.9 Å². The topological polar surface area (TPSA) is 63.2 Å². The Morgan fingerprint density at radius 3 is 2.26 bits per heavy atom. The largest absolute Gasteiger partial charge is 0.368 e. The van der Waals surface area contributed by atoms with Crippen molar-refractivity contribution in [3.05, 3.63) is 30.1 Å². The molecule has 2 fully saturated rings. The van der Waals surface area contributed by atoms with Crippen LogP contribution in [0.4, 0.5) is 10.1 Å². The number of piperazine rings is 1. The van der Waals surface area contributed by atoms with E-state index >= 15 is 0 Å². The fourth-order valence-electron chi connectivity index (χ4n) is 4.05. The maximum Gasteiger partial charge on any atom is 0.224 e. The summed E-state index contributed by atoms with van der Waals surface area (Å²) in [6.07, 6.45) is 4.40. The second kappa shape index (κ2) is 13.7. The van der Waals surface area contributed by atoms with E-state index in [0.29, 0.717) is 26.1 Å². The number of guanidine groups is 1. The van der Waals surface area contributed by atoms with Gasteiger partial charge >= 0.3 is 0 Å². The predicted octanol–water partition coefficient (Wildman–Crippen LogP) is 2.13. The van der Waals surface area contributed by atoms with E-state index in [1.54, 1.807) is 19.2 Å². The Morgan fingerprint density at radius 2 is 1.61 bits per heavy atom. The number of nitrogens with zero attached hydrogens (tertiary/aromatic N) is 4. The maximum absolute atomic E-state index is 13.1. The highest BCUT2D eigenvalue weighted by molar-refractivity contribution is 14.0. The van der Waals surface area contributed by atoms with Crippen LogP contribution in [0.25, 0.3) is 0 Å². The van der Waals surface area contributed by atoms with Gasteiger partial charge < -0.3 is 25.3 Å². The van der Waals surface area contributed by atoms with E-state index in [2.05, 4.69) is 25.4 Å². The van der Waals surface area contributed by atoms with Gasteiger partial charge in [-0.3, -0.25) is 9.79 Å². The molecule has 1 amide bonds. The third-order valence-electron chi connectivity index (χ3n) is 5.85. The van der Waals surface area contributed by atoms with Crippen molar-refractivity contribution >= 4 is 41.5 Å². The fourth-order valence-corrected chi connectivity index (χ4v) is 4.05. The third kappa shape index (κ3) is 8.44. The average molecular weight is 546 g/mol. The highest BCUT2D eigenvalue weighted by Gasteiger charge is 2.21. The fraction of sp³-hybridized carbons (Fsp3) is 0.636. The van der Waals surface area contributed by atoms with Crippen molar-refractivity contribution in [2.45, 2.75) is 25.7 Å². The quantitative estimate of drug-likeness (QED) is 0.312. The summed E-state index contributed by atoms with van der Waals surface area (Å²) < 4.78 is 13.1. The van der Waals surface area contributed by atoms with Gasteiger partial charge in [-0.05, 0) is 50.2 Å². The maximum atomic E-state index is 13.1. The van der Waals surface area contributed by atoms with Gasteiger partial charge in [0.2, 0.25) is 5.91 Å². The lowest BCUT2D eigenvalue weighted by Gasteiger charge is -2.36. The Labute approximate surface area is 202 Å². The Balaban J connectivity index is 0.00000341. The molecule has 0 atom stereocenters. The molecule has 1 aromatic carbocycles. The van der Waals surface area contributed by atoms with E-state index < -0.39 is 0 Å². The van der Waals surface area contributed by atoms with Crippen molar-refractivity contribution in [3.63, 3.8) is 0 Å². The Kier molecular flexibility index (Phi) is 11.3. The number of nitrogens with one attached hydrogen (secondary N) is 2. The molecule has 0 spiro atoms. The Morgan fingerprint density at radius 1 is 0.968 bits per heavy atom. The SMILES string of the molecule is CN=C(NCCC(=O)N1CCN(c2ccc(F)cc2)CC1)NCCN1CCCCC1.I. The molecule has 0 radical (unpaired) electrons. The standard InChI is InChI=1S/C22H35FN6O.HI/c1-24-22(26-11-14-27-12-3-2-4-13-27)25-10-9-21(30)29-17-15-28(16-18-29)20-7-5-19(23)6-8-20;/h5-8H,2-4,9-18H2,1H3,(H2,24,25,26);1H. The summed E-state index contributed by atoms with van der Waals surface area (Å²) in [5.41, 5.74) is 1.00. The van der Waals surface area contributed by atoms with Gasteiger partial charge in [-0.2, -0.15) is 0 Å². The smallest absolute Gasteiger partial charge is 0.224 e. The molecular weight excluding hydrogens is 510 g/mol. The van der Waals surface area contributed by atoms with Gasteiger partial charge in [-0.1, -0.05) is 6.42 Å². The van der Waals surface area contributed by atoms with Crippen molar-refractivity contribution in [1.82, 2.24) is 20.4 Å². The van der Waals surface area contributed by atoms with Gasteiger partial charge in [-0.15, -0.1) is 24.0 Å². The molecule has 0 saturated carbocycles. The number of benzene rings is 1. The van der Waals surface area contributed by atoms with Gasteiger partial charge in [0.1, 0.15) is 5.82 Å². The van der Waals surface area contributed by atoms with E-state index in [1.807, 2.05) is 4.90 Å². The minimum absolute atomic E-state index is 0. The minimum atomic E-state index is -0.226. The second-order valence-corrected chi connectivity index (χ2v) is 7.92. The van der Waals surface area contributed by atoms with Crippen molar-refractivity contribution in [2.24, 2.45) is 4.99 Å². The van der Waals surface area contributed by atoms with Gasteiger partial charge in [0.25, 0.3) is 0 Å². The minimum Gasteiger partial charge on any atom is -0.368 e. The van der Waals surface area contributed by atoms with Crippen LogP contribution in [0.3, 0.4) is 0 Å². The van der Waals surface area contributed by atoms with Crippen LogP contribution in [0.15, 0.2) is 29.3 Å². The first kappa shape index (κ1) is 25.6. The lowest BCUT2D eigenvalue weighted by atomic mass is 10.1. The number of hydrogen-bond donors (Lipinski definition) is 2. The van der Waals surface area contributed by atoms with E-state index in [9.17, 15) is 9.18 Å². The number of amides is 1. The van der Waals surface area contributed by atoms with E-state index in [4.69, 9.17) is 0 Å². The summed E-state index contributed by atoms with van der Waals surface area (Å²) in [5.74, 6) is 0.682. The summed E-state index contributed by atoms with van der Waals surface area (Å²) >= 11 is 0. The van der Waals surface area contributed by atoms with Crippen LogP contribution in [0, 0.1) is 5.82 Å². The van der Waals surface area contributed by atoms with Gasteiger partial charge in [-0.25, -0.2) is 4.39 Å². The number of carbonyl (C=O) groups is 1. The first-order valence-corrected chi connectivity index (χ1v) is 11.1. The first-order chi connectivity index (χ1) is 14.7. The summed E-state index contributed by atoms with van der Waals surface area (Å²) in [7, 11) is 1.76. The summed E-state index contributed by atoms with van der Waals surface area (Å²) in [6, 6.07) is 6.54. The van der Waals surface area contributed by atoms with Gasteiger partial charge in [0, 0.05) is 65.0 Å². The molecule has 0 unspecified atom stereocenters. The molecule has 2 N–H and O–H groups in total. The average Bonchev–Trinajstić information content (AvgIpc) is 2.79. The second-order valence-electron chi connectivity index (χ2n) is 7.92. The van der Waals surface area contributed by atoms with E-state index in [1.165, 1.54) is 44.5 Å². The van der Waals surface area contributed by atoms with Crippen LogP contribution in [0.5, 0.6) is 0 Å². The number of rotatable bonds is 7. The van der Waals surface area contributed by atoms with Crippen molar-refractivity contribution in [1.29, 1.82) is 0 Å². The van der Waals surface area contributed by atoms with Crippen molar-refractivity contribution in [3.8, 4) is 0 Å². The molecule has 0 aliphatic carbocycles. The number of anilines is 1. The van der Waals surface area contributed by atoms with Gasteiger partial charge in [0.05, 0.1) is 0 Å². The Bertz CT molecular complexity index is 688. The van der Waals surface area contributed by atoms with E-state index in [0.717, 1.165) is 37.8 Å². The summed E-state index contributed by atoms with van der Waals surface area (Å²) in [6.45, 7) is 7.76. The zero-order valence-electron chi connectivity index (χ0n) is 18.5. The normalized spacial score (nSPS) is 17.8. The molecule has 7 nitrogen and oxygen atoms in total. The number of piperidine rings is 1. The van der Waals surface area contributed by atoms with Crippen LogP contribution in [-0.4, -0.2) is 87.6 Å². The van der Waals surface area contributed by atoms with Crippen LogP contribution in [0.2, 0.25) is 0 Å². The van der Waals surface area contributed by atoms with Crippen LogP contribution >= 0.6 is 24.0 Å². The molecule has 0 aromatic heterocycles. The molecule has 2 heterocycles. The molecule has 1 aromatic rings. The number of aliphatic imine (C=N–C) groups is 1. The zero-order chi connectivity index (χ0) is 21.2. The highest BCUT2D eigenvalue weighted by Crippen LogP contribution is 2.17. The first-order valence-electron chi connectivity index (χ1n) is 11.1. The zero-order valence-corrected chi connectivity index (χ0v) is 20.8. The molecule has 31 heavy (non-hydrogen) atoms. The van der Waals surface area contributed by atoms with E-state index in [-0.39, 0.29) is 35.7 Å². The number of carbonyl (C=O) groups excluding carboxylic acids is 1. The lowest BCUT2D eigenvalue weighted by molar-refractivity contribution is -0.131. The monoisotopic (exact) mass is 546 g/mol.